The lowest BCUT2D eigenvalue weighted by molar-refractivity contribution is -0.125. The molecule has 2 fully saturated rings. The number of carbonyl (C=O) groups excluding carboxylic acids is 1. The number of methoxy groups -OCH3 is 1. The number of nitrogens with zero attached hydrogens (tertiary/aromatic N) is 1. The van der Waals surface area contributed by atoms with Crippen molar-refractivity contribution < 1.29 is 17.9 Å². The molecule has 2 N–H and O–H groups in total. The predicted molar refractivity (Wildman–Crippen MR) is 110 cm³/mol. The van der Waals surface area contributed by atoms with Gasteiger partial charge >= 0.3 is 0 Å². The third-order valence-corrected chi connectivity index (χ3v) is 7.53. The quantitative estimate of drug-likeness (QED) is 0.681. The van der Waals surface area contributed by atoms with E-state index in [-0.39, 0.29) is 28.6 Å². The summed E-state index contributed by atoms with van der Waals surface area (Å²) in [6, 6.07) is 7.68. The fraction of sp³-hybridized carbons (Fsp3) is 0.632. The summed E-state index contributed by atoms with van der Waals surface area (Å²) in [7, 11) is -1.99. The van der Waals surface area contributed by atoms with Gasteiger partial charge in [0.15, 0.2) is 0 Å². The lowest BCUT2D eigenvalue weighted by Gasteiger charge is -2.37. The van der Waals surface area contributed by atoms with Gasteiger partial charge in [0.05, 0.1) is 11.5 Å². The number of benzene rings is 1. The highest BCUT2D eigenvalue weighted by molar-refractivity contribution is 7.89. The molecule has 2 heterocycles. The van der Waals surface area contributed by atoms with E-state index >= 15 is 0 Å². The predicted octanol–water partition coefficient (Wildman–Crippen LogP) is 1.39. The van der Waals surface area contributed by atoms with Crippen LogP contribution in [0.2, 0.25) is 0 Å². The summed E-state index contributed by atoms with van der Waals surface area (Å²) in [5.74, 6) is -0.207. The number of carbonyl (C=O) groups is 1. The summed E-state index contributed by atoms with van der Waals surface area (Å²) >= 11 is 0. The van der Waals surface area contributed by atoms with Gasteiger partial charge in [-0.2, -0.15) is 4.31 Å². The van der Waals surface area contributed by atoms with Gasteiger partial charge in [-0.1, -0.05) is 18.2 Å². The molecule has 0 spiro atoms. The average molecular weight is 432 g/mol. The first kappa shape index (κ1) is 23.1. The Morgan fingerprint density at radius 1 is 1.29 bits per heavy atom. The van der Waals surface area contributed by atoms with Gasteiger partial charge in [-0.15, -0.1) is 12.4 Å². The molecule has 0 saturated carbocycles. The van der Waals surface area contributed by atoms with Crippen LogP contribution in [0.1, 0.15) is 25.7 Å². The Morgan fingerprint density at radius 3 is 2.61 bits per heavy atom. The van der Waals surface area contributed by atoms with Crippen molar-refractivity contribution in [2.75, 3.05) is 39.9 Å². The summed E-state index contributed by atoms with van der Waals surface area (Å²) in [5.41, 5.74) is -0.0859. The maximum atomic E-state index is 12.9. The summed E-state index contributed by atoms with van der Waals surface area (Å²) in [4.78, 5) is 13.1. The van der Waals surface area contributed by atoms with Crippen LogP contribution in [0.5, 0.6) is 0 Å². The van der Waals surface area contributed by atoms with E-state index < -0.39 is 16.1 Å². The maximum absolute atomic E-state index is 12.9. The van der Waals surface area contributed by atoms with E-state index in [4.69, 9.17) is 4.74 Å². The normalized spacial score (nSPS) is 22.4. The Morgan fingerprint density at radius 2 is 1.96 bits per heavy atom. The molecule has 2 aliphatic rings. The monoisotopic (exact) mass is 431 g/mol. The lowest BCUT2D eigenvalue weighted by Crippen LogP contribution is -2.51. The van der Waals surface area contributed by atoms with Crippen molar-refractivity contribution in [3.63, 3.8) is 0 Å². The van der Waals surface area contributed by atoms with Gasteiger partial charge < -0.3 is 15.4 Å². The summed E-state index contributed by atoms with van der Waals surface area (Å²) in [6.07, 6.45) is 3.10. The fourth-order valence-electron chi connectivity index (χ4n) is 4.05. The molecule has 0 radical (unpaired) electrons. The topological polar surface area (TPSA) is 87.7 Å². The molecule has 0 bridgehead atoms. The van der Waals surface area contributed by atoms with Crippen LogP contribution in [0, 0.1) is 5.41 Å². The van der Waals surface area contributed by atoms with Gasteiger partial charge in [0.25, 0.3) is 0 Å². The summed E-state index contributed by atoms with van der Waals surface area (Å²) < 4.78 is 32.6. The molecule has 2 aliphatic heterocycles. The molecule has 158 valence electrons. The van der Waals surface area contributed by atoms with E-state index in [0.717, 1.165) is 25.9 Å². The number of hydrogen-bond donors (Lipinski definition) is 2. The summed E-state index contributed by atoms with van der Waals surface area (Å²) in [6.45, 7) is 3.28. The van der Waals surface area contributed by atoms with Crippen molar-refractivity contribution in [2.24, 2.45) is 5.41 Å². The molecule has 1 unspecified atom stereocenters. The van der Waals surface area contributed by atoms with Crippen molar-refractivity contribution in [1.29, 1.82) is 0 Å². The fourth-order valence-corrected chi connectivity index (χ4v) is 5.72. The van der Waals surface area contributed by atoms with Crippen molar-refractivity contribution in [2.45, 2.75) is 36.6 Å². The van der Waals surface area contributed by atoms with Crippen molar-refractivity contribution in [3.05, 3.63) is 30.3 Å². The van der Waals surface area contributed by atoms with Crippen LogP contribution in [0.3, 0.4) is 0 Å². The van der Waals surface area contributed by atoms with E-state index in [2.05, 4.69) is 10.6 Å². The molecular weight excluding hydrogens is 402 g/mol. The molecule has 2 saturated heterocycles. The second-order valence-corrected chi connectivity index (χ2v) is 9.38. The minimum Gasteiger partial charge on any atom is -0.384 e. The Balaban J connectivity index is 0.00000280. The van der Waals surface area contributed by atoms with Crippen LogP contribution < -0.4 is 10.6 Å². The molecular formula is C19H30ClN3O4S. The molecule has 1 atom stereocenters. The van der Waals surface area contributed by atoms with E-state index in [1.54, 1.807) is 37.4 Å². The van der Waals surface area contributed by atoms with E-state index in [0.29, 0.717) is 32.5 Å². The van der Waals surface area contributed by atoms with Gasteiger partial charge in [0, 0.05) is 25.6 Å². The van der Waals surface area contributed by atoms with Gasteiger partial charge in [-0.05, 0) is 50.9 Å². The number of amides is 1. The Labute approximate surface area is 173 Å². The number of piperidine rings is 1. The largest absolute Gasteiger partial charge is 0.384 e. The highest BCUT2D eigenvalue weighted by Gasteiger charge is 2.40. The molecule has 1 aromatic rings. The van der Waals surface area contributed by atoms with Crippen LogP contribution in [-0.2, 0) is 19.6 Å². The SMILES string of the molecule is COCC1(CNC(=O)C2CCCN2S(=O)(=O)c2ccccc2)CCNCC1.Cl. The highest BCUT2D eigenvalue weighted by Crippen LogP contribution is 2.29. The number of ether oxygens (including phenoxy) is 1. The van der Waals surface area contributed by atoms with E-state index in [9.17, 15) is 13.2 Å². The Kier molecular flexibility index (Phi) is 8.27. The first-order valence-electron chi connectivity index (χ1n) is 9.53. The molecule has 7 nitrogen and oxygen atoms in total. The molecule has 1 amide bonds. The standard InChI is InChI=1S/C19H29N3O4S.ClH/c1-26-15-19(9-11-20-12-10-19)14-21-18(23)17-8-5-13-22(17)27(24,25)16-6-3-2-4-7-16;/h2-4,6-7,17,20H,5,8-15H2,1H3,(H,21,23);1H. The number of halogens is 1. The number of nitrogens with one attached hydrogen (secondary N) is 2. The zero-order valence-electron chi connectivity index (χ0n) is 16.2. The Bertz CT molecular complexity index is 733. The zero-order chi connectivity index (χ0) is 19.3. The van der Waals surface area contributed by atoms with Crippen LogP contribution >= 0.6 is 12.4 Å². The first-order chi connectivity index (χ1) is 13.0. The zero-order valence-corrected chi connectivity index (χ0v) is 17.9. The number of hydrogen-bond acceptors (Lipinski definition) is 5. The molecule has 9 heteroatoms. The minimum absolute atomic E-state index is 0. The van der Waals surface area contributed by atoms with E-state index in [1.165, 1.54) is 4.31 Å². The van der Waals surface area contributed by atoms with Gasteiger partial charge in [-0.3, -0.25) is 4.79 Å². The van der Waals surface area contributed by atoms with Crippen molar-refractivity contribution >= 4 is 28.3 Å². The minimum atomic E-state index is -3.66. The van der Waals surface area contributed by atoms with Gasteiger partial charge in [-0.25, -0.2) is 8.42 Å². The van der Waals surface area contributed by atoms with Crippen LogP contribution in [0.15, 0.2) is 35.2 Å². The van der Waals surface area contributed by atoms with Crippen LogP contribution in [0.4, 0.5) is 0 Å². The average Bonchev–Trinajstić information content (AvgIpc) is 3.19. The maximum Gasteiger partial charge on any atom is 0.243 e. The number of rotatable bonds is 7. The summed E-state index contributed by atoms with van der Waals surface area (Å²) in [5, 5.41) is 6.35. The number of sulfonamides is 1. The van der Waals surface area contributed by atoms with Crippen molar-refractivity contribution in [3.8, 4) is 0 Å². The lowest BCUT2D eigenvalue weighted by atomic mass is 9.79. The Hall–Kier alpha value is -1.19. The van der Waals surface area contributed by atoms with Gasteiger partial charge in [0.1, 0.15) is 6.04 Å². The molecule has 0 aromatic heterocycles. The third kappa shape index (κ3) is 5.04. The molecule has 28 heavy (non-hydrogen) atoms. The third-order valence-electron chi connectivity index (χ3n) is 5.61. The second-order valence-electron chi connectivity index (χ2n) is 7.49. The highest BCUT2D eigenvalue weighted by atomic mass is 35.5. The molecule has 3 rings (SSSR count). The molecule has 1 aromatic carbocycles. The smallest absolute Gasteiger partial charge is 0.243 e. The molecule has 0 aliphatic carbocycles. The van der Waals surface area contributed by atoms with Crippen LogP contribution in [-0.4, -0.2) is 64.6 Å². The first-order valence-corrected chi connectivity index (χ1v) is 11.0. The second kappa shape index (κ2) is 10.0. The van der Waals surface area contributed by atoms with Crippen molar-refractivity contribution in [1.82, 2.24) is 14.9 Å². The van der Waals surface area contributed by atoms with Crippen LogP contribution in [0.25, 0.3) is 0 Å². The van der Waals surface area contributed by atoms with Gasteiger partial charge in [0.2, 0.25) is 15.9 Å². The van der Waals surface area contributed by atoms with E-state index in [1.807, 2.05) is 0 Å².